The Morgan fingerprint density at radius 1 is 1.35 bits per heavy atom. The van der Waals surface area contributed by atoms with Crippen LogP contribution in [0.3, 0.4) is 0 Å². The summed E-state index contributed by atoms with van der Waals surface area (Å²) in [7, 11) is 0. The molecule has 0 amide bonds. The van der Waals surface area contributed by atoms with Crippen LogP contribution >= 0.6 is 0 Å². The fourth-order valence-corrected chi connectivity index (χ4v) is 1.65. The van der Waals surface area contributed by atoms with Crippen LogP contribution in [0.5, 0.6) is 11.5 Å². The topological polar surface area (TPSA) is 77.3 Å². The maximum absolute atomic E-state index is 10.9. The largest absolute Gasteiger partial charge is 0.450 e. The first-order chi connectivity index (χ1) is 9.70. The van der Waals surface area contributed by atoms with Gasteiger partial charge in [-0.25, -0.2) is 4.98 Å². The van der Waals surface area contributed by atoms with Crippen LogP contribution in [-0.2, 0) is 0 Å². The fourth-order valence-electron chi connectivity index (χ4n) is 1.65. The van der Waals surface area contributed by atoms with Crippen molar-refractivity contribution in [3.63, 3.8) is 0 Å². The van der Waals surface area contributed by atoms with E-state index in [-0.39, 0.29) is 11.4 Å². The van der Waals surface area contributed by atoms with Crippen LogP contribution in [0.15, 0.2) is 42.6 Å². The quantitative estimate of drug-likeness (QED) is 0.642. The number of aromatic nitrogens is 1. The summed E-state index contributed by atoms with van der Waals surface area (Å²) in [4.78, 5) is 14.6. The molecule has 2 aromatic rings. The van der Waals surface area contributed by atoms with E-state index in [4.69, 9.17) is 4.74 Å². The Kier molecular flexibility index (Phi) is 4.49. The summed E-state index contributed by atoms with van der Waals surface area (Å²) in [5.74, 6) is 1.40. The predicted octanol–water partition coefficient (Wildman–Crippen LogP) is 3.60. The maximum atomic E-state index is 10.9. The van der Waals surface area contributed by atoms with Gasteiger partial charge in [-0.15, -0.1) is 0 Å². The van der Waals surface area contributed by atoms with Crippen LogP contribution in [0.4, 0.5) is 11.5 Å². The van der Waals surface area contributed by atoms with E-state index in [1.807, 2.05) is 0 Å². The Bertz CT molecular complexity index is 602. The summed E-state index contributed by atoms with van der Waals surface area (Å²) < 4.78 is 5.57. The Balaban J connectivity index is 2.20. The highest BCUT2D eigenvalue weighted by atomic mass is 16.6. The molecule has 0 aliphatic rings. The summed E-state index contributed by atoms with van der Waals surface area (Å²) in [6, 6.07) is 9.65. The van der Waals surface area contributed by atoms with E-state index in [0.717, 1.165) is 13.0 Å². The fraction of sp³-hybridized carbons (Fsp3) is 0.214. The minimum atomic E-state index is -0.466. The van der Waals surface area contributed by atoms with Gasteiger partial charge in [-0.05, 0) is 18.6 Å². The van der Waals surface area contributed by atoms with Crippen LogP contribution in [0, 0.1) is 10.1 Å². The van der Waals surface area contributed by atoms with Crippen molar-refractivity contribution >= 4 is 11.5 Å². The second-order valence-corrected chi connectivity index (χ2v) is 4.13. The minimum absolute atomic E-state index is 0.0626. The molecule has 0 aliphatic carbocycles. The van der Waals surface area contributed by atoms with Crippen molar-refractivity contribution in [1.82, 2.24) is 4.98 Å². The molecular weight excluding hydrogens is 258 g/mol. The molecule has 1 N–H and O–H groups in total. The SMILES string of the molecule is CCCNc1cc(Oc2ccccc2[N+](=O)[O-])ccn1. The van der Waals surface area contributed by atoms with Crippen molar-refractivity contribution in [2.24, 2.45) is 0 Å². The van der Waals surface area contributed by atoms with Gasteiger partial charge in [0.25, 0.3) is 0 Å². The summed E-state index contributed by atoms with van der Waals surface area (Å²) in [6.07, 6.45) is 2.58. The van der Waals surface area contributed by atoms with Gasteiger partial charge in [0.05, 0.1) is 4.92 Å². The van der Waals surface area contributed by atoms with Gasteiger partial charge >= 0.3 is 5.69 Å². The normalized spacial score (nSPS) is 10.1. The monoisotopic (exact) mass is 273 g/mol. The molecule has 6 nitrogen and oxygen atoms in total. The van der Waals surface area contributed by atoms with E-state index < -0.39 is 4.92 Å². The first-order valence-corrected chi connectivity index (χ1v) is 6.32. The zero-order valence-corrected chi connectivity index (χ0v) is 11.1. The number of pyridine rings is 1. The highest BCUT2D eigenvalue weighted by Gasteiger charge is 2.14. The van der Waals surface area contributed by atoms with Gasteiger partial charge in [0, 0.05) is 24.9 Å². The number of nitrogens with one attached hydrogen (secondary N) is 1. The van der Waals surface area contributed by atoms with Gasteiger partial charge in [-0.2, -0.15) is 0 Å². The first-order valence-electron chi connectivity index (χ1n) is 6.32. The first kappa shape index (κ1) is 13.8. The molecule has 6 heteroatoms. The summed E-state index contributed by atoms with van der Waals surface area (Å²) in [5.41, 5.74) is -0.0626. The number of nitro groups is 1. The third-order valence-electron chi connectivity index (χ3n) is 2.58. The molecule has 104 valence electrons. The number of hydrogen-bond acceptors (Lipinski definition) is 5. The van der Waals surface area contributed by atoms with Crippen LogP contribution in [0.25, 0.3) is 0 Å². The van der Waals surface area contributed by atoms with E-state index in [9.17, 15) is 10.1 Å². The lowest BCUT2D eigenvalue weighted by Crippen LogP contribution is -2.01. The number of hydrogen-bond donors (Lipinski definition) is 1. The van der Waals surface area contributed by atoms with Gasteiger partial charge < -0.3 is 10.1 Å². The molecule has 20 heavy (non-hydrogen) atoms. The molecule has 0 radical (unpaired) electrons. The van der Waals surface area contributed by atoms with Gasteiger partial charge in [0.1, 0.15) is 11.6 Å². The van der Waals surface area contributed by atoms with Crippen molar-refractivity contribution in [3.05, 3.63) is 52.7 Å². The molecule has 0 atom stereocenters. The average Bonchev–Trinajstić information content (AvgIpc) is 2.46. The van der Waals surface area contributed by atoms with Gasteiger partial charge in [0.15, 0.2) is 0 Å². The van der Waals surface area contributed by atoms with E-state index >= 15 is 0 Å². The molecule has 0 unspecified atom stereocenters. The number of nitrogens with zero attached hydrogens (tertiary/aromatic N) is 2. The average molecular weight is 273 g/mol. The second-order valence-electron chi connectivity index (χ2n) is 4.13. The highest BCUT2D eigenvalue weighted by Crippen LogP contribution is 2.31. The molecule has 0 fully saturated rings. The van der Waals surface area contributed by atoms with E-state index in [1.54, 1.807) is 36.5 Å². The van der Waals surface area contributed by atoms with Gasteiger partial charge in [0.2, 0.25) is 5.75 Å². The molecule has 0 aliphatic heterocycles. The molecule has 1 aromatic carbocycles. The third-order valence-corrected chi connectivity index (χ3v) is 2.58. The van der Waals surface area contributed by atoms with Crippen molar-refractivity contribution < 1.29 is 9.66 Å². The molecule has 0 bridgehead atoms. The maximum Gasteiger partial charge on any atom is 0.311 e. The van der Waals surface area contributed by atoms with Gasteiger partial charge in [-0.3, -0.25) is 10.1 Å². The predicted molar refractivity (Wildman–Crippen MR) is 76.2 cm³/mol. The number of nitro benzene ring substituents is 1. The molecule has 0 saturated carbocycles. The zero-order chi connectivity index (χ0) is 14.4. The van der Waals surface area contributed by atoms with Crippen molar-refractivity contribution in [2.45, 2.75) is 13.3 Å². The number of rotatable bonds is 6. The van der Waals surface area contributed by atoms with Crippen molar-refractivity contribution in [1.29, 1.82) is 0 Å². The summed E-state index contributed by atoms with van der Waals surface area (Å²) in [5, 5.41) is 14.1. The van der Waals surface area contributed by atoms with Crippen molar-refractivity contribution in [2.75, 3.05) is 11.9 Å². The number of para-hydroxylation sites is 2. The lowest BCUT2D eigenvalue weighted by molar-refractivity contribution is -0.385. The van der Waals surface area contributed by atoms with E-state index in [0.29, 0.717) is 11.6 Å². The summed E-state index contributed by atoms with van der Waals surface area (Å²) >= 11 is 0. The number of benzene rings is 1. The highest BCUT2D eigenvalue weighted by molar-refractivity contribution is 5.49. The molecule has 1 aromatic heterocycles. The van der Waals surface area contributed by atoms with Crippen molar-refractivity contribution in [3.8, 4) is 11.5 Å². The standard InChI is InChI=1S/C14H15N3O3/c1-2-8-15-14-10-11(7-9-16-14)20-13-6-4-3-5-12(13)17(18)19/h3-7,9-10H,2,8H2,1H3,(H,15,16). The number of anilines is 1. The Morgan fingerprint density at radius 3 is 2.90 bits per heavy atom. The zero-order valence-electron chi connectivity index (χ0n) is 11.1. The third kappa shape index (κ3) is 3.44. The molecule has 0 saturated heterocycles. The molecule has 0 spiro atoms. The Hall–Kier alpha value is -2.63. The van der Waals surface area contributed by atoms with E-state index in [1.165, 1.54) is 6.07 Å². The van der Waals surface area contributed by atoms with Crippen LogP contribution in [-0.4, -0.2) is 16.5 Å². The van der Waals surface area contributed by atoms with E-state index in [2.05, 4.69) is 17.2 Å². The Labute approximate surface area is 116 Å². The van der Waals surface area contributed by atoms with Crippen LogP contribution in [0.2, 0.25) is 0 Å². The molecular formula is C14H15N3O3. The minimum Gasteiger partial charge on any atom is -0.450 e. The second kappa shape index (κ2) is 6.51. The van der Waals surface area contributed by atoms with Crippen LogP contribution < -0.4 is 10.1 Å². The number of ether oxygens (including phenoxy) is 1. The molecule has 1 heterocycles. The Morgan fingerprint density at radius 2 is 2.15 bits per heavy atom. The lowest BCUT2D eigenvalue weighted by atomic mass is 10.3. The smallest absolute Gasteiger partial charge is 0.311 e. The van der Waals surface area contributed by atoms with Crippen LogP contribution in [0.1, 0.15) is 13.3 Å². The van der Waals surface area contributed by atoms with Gasteiger partial charge in [-0.1, -0.05) is 19.1 Å². The summed E-state index contributed by atoms with van der Waals surface area (Å²) in [6.45, 7) is 2.86. The lowest BCUT2D eigenvalue weighted by Gasteiger charge is -2.08. The molecule has 2 rings (SSSR count).